The van der Waals surface area contributed by atoms with Gasteiger partial charge in [0.15, 0.2) is 0 Å². The molecule has 1 aromatic carbocycles. The van der Waals surface area contributed by atoms with Gasteiger partial charge in [-0.3, -0.25) is 4.79 Å². The first-order chi connectivity index (χ1) is 16.4. The largest absolute Gasteiger partial charge is 0.385 e. The maximum absolute atomic E-state index is 14.7. The number of nitrogens with zero attached hydrogens (tertiary/aromatic N) is 2. The highest BCUT2D eigenvalue weighted by molar-refractivity contribution is 5.92. The van der Waals surface area contributed by atoms with E-state index in [9.17, 15) is 14.0 Å². The van der Waals surface area contributed by atoms with Crippen molar-refractivity contribution in [3.8, 4) is 11.4 Å². The van der Waals surface area contributed by atoms with Crippen LogP contribution in [0.15, 0.2) is 23.0 Å². The van der Waals surface area contributed by atoms with E-state index in [4.69, 9.17) is 4.98 Å². The smallest absolute Gasteiger partial charge is 0.251 e. The lowest BCUT2D eigenvalue weighted by atomic mass is 9.82. The van der Waals surface area contributed by atoms with Gasteiger partial charge in [0.1, 0.15) is 12.1 Å². The van der Waals surface area contributed by atoms with Crippen LogP contribution in [0.3, 0.4) is 0 Å². The summed E-state index contributed by atoms with van der Waals surface area (Å²) >= 11 is 0. The molecule has 2 unspecified atom stereocenters. The Morgan fingerprint density at radius 3 is 2.65 bits per heavy atom. The van der Waals surface area contributed by atoms with E-state index in [1.165, 1.54) is 6.07 Å². The second kappa shape index (κ2) is 9.76. The zero-order chi connectivity index (χ0) is 24.6. The number of hydrogen-bond acceptors (Lipinski definition) is 5. The number of carbonyl (C=O) groups is 1. The Morgan fingerprint density at radius 2 is 2.03 bits per heavy atom. The first-order valence-electron chi connectivity index (χ1n) is 11.9. The molecule has 6 nitrogen and oxygen atoms in total. The Kier molecular flexibility index (Phi) is 6.96. The van der Waals surface area contributed by atoms with Crippen LogP contribution < -0.4 is 10.9 Å². The summed E-state index contributed by atoms with van der Waals surface area (Å²) in [5.41, 5.74) is 6.54. The van der Waals surface area contributed by atoms with Crippen LogP contribution in [-0.4, -0.2) is 36.6 Å². The number of aromatic nitrogens is 2. The van der Waals surface area contributed by atoms with Crippen LogP contribution in [0.2, 0.25) is 0 Å². The third kappa shape index (κ3) is 3.87. The molecule has 2 aromatic heterocycles. The third-order valence-electron chi connectivity index (χ3n) is 7.15. The highest BCUT2D eigenvalue weighted by Crippen LogP contribution is 2.44. The van der Waals surface area contributed by atoms with Crippen molar-refractivity contribution in [2.45, 2.75) is 58.5 Å². The summed E-state index contributed by atoms with van der Waals surface area (Å²) < 4.78 is 20.9. The van der Waals surface area contributed by atoms with Crippen LogP contribution in [-0.2, 0) is 22.5 Å². The molecule has 2 atom stereocenters. The molecule has 1 aliphatic heterocycles. The van der Waals surface area contributed by atoms with E-state index in [0.717, 1.165) is 53.5 Å². The van der Waals surface area contributed by atoms with Gasteiger partial charge in [0.25, 0.3) is 5.56 Å². The first kappa shape index (κ1) is 24.2. The Balaban J connectivity index is 0.000000636. The third-order valence-corrected chi connectivity index (χ3v) is 7.15. The average Bonchev–Trinajstić information content (AvgIpc) is 3.22. The Morgan fingerprint density at radius 1 is 1.29 bits per heavy atom. The number of halogens is 1. The summed E-state index contributed by atoms with van der Waals surface area (Å²) in [5, 5.41) is 4.43. The number of carbonyl (C=O) groups excluding carboxylic acids is 1. The average molecular weight is 466 g/mol. The predicted octanol–water partition coefficient (Wildman–Crippen LogP) is 4.42. The number of hydrogen-bond donors (Lipinski definition) is 1. The molecule has 0 saturated carbocycles. The molecule has 0 fully saturated rings. The van der Waals surface area contributed by atoms with Crippen LogP contribution in [0.1, 0.15) is 66.5 Å². The zero-order valence-corrected chi connectivity index (χ0v) is 20.5. The van der Waals surface area contributed by atoms with Crippen molar-refractivity contribution in [2.75, 3.05) is 20.8 Å². The SMILES string of the molecule is CCC(C=O)c1cc2n(c(=O)c1)Cc1c-2nc2cc(F)c(C)c3c2c1C(NC)CC3.CCOC. The van der Waals surface area contributed by atoms with Crippen molar-refractivity contribution < 1.29 is 13.9 Å². The van der Waals surface area contributed by atoms with Gasteiger partial charge in [0.2, 0.25) is 0 Å². The first-order valence-corrected chi connectivity index (χ1v) is 11.9. The van der Waals surface area contributed by atoms with Crippen molar-refractivity contribution in [3.05, 3.63) is 62.2 Å². The van der Waals surface area contributed by atoms with Gasteiger partial charge in [-0.05, 0) is 68.5 Å². The molecule has 3 heterocycles. The number of aryl methyl sites for hydroxylation is 1. The van der Waals surface area contributed by atoms with Gasteiger partial charge < -0.3 is 19.4 Å². The quantitative estimate of drug-likeness (QED) is 0.442. The van der Waals surface area contributed by atoms with E-state index in [1.54, 1.807) is 17.7 Å². The van der Waals surface area contributed by atoms with Gasteiger partial charge in [-0.2, -0.15) is 0 Å². The van der Waals surface area contributed by atoms with E-state index in [2.05, 4.69) is 10.1 Å². The highest BCUT2D eigenvalue weighted by atomic mass is 19.1. The van der Waals surface area contributed by atoms with Crippen LogP contribution in [0, 0.1) is 12.7 Å². The van der Waals surface area contributed by atoms with Crippen LogP contribution >= 0.6 is 0 Å². The molecule has 1 aliphatic carbocycles. The van der Waals surface area contributed by atoms with Crippen molar-refractivity contribution in [3.63, 3.8) is 0 Å². The lowest BCUT2D eigenvalue weighted by Gasteiger charge is -2.28. The summed E-state index contributed by atoms with van der Waals surface area (Å²) in [5.74, 6) is -0.557. The predicted molar refractivity (Wildman–Crippen MR) is 132 cm³/mol. The highest BCUT2D eigenvalue weighted by Gasteiger charge is 2.33. The van der Waals surface area contributed by atoms with E-state index in [0.29, 0.717) is 35.3 Å². The Hall–Kier alpha value is -2.90. The van der Waals surface area contributed by atoms with Crippen molar-refractivity contribution in [1.82, 2.24) is 14.9 Å². The molecule has 7 heteroatoms. The van der Waals surface area contributed by atoms with E-state index in [1.807, 2.05) is 33.9 Å². The van der Waals surface area contributed by atoms with Gasteiger partial charge in [-0.25, -0.2) is 9.37 Å². The van der Waals surface area contributed by atoms with E-state index in [-0.39, 0.29) is 23.3 Å². The van der Waals surface area contributed by atoms with E-state index >= 15 is 0 Å². The molecule has 3 aromatic rings. The molecular formula is C27H32FN3O3. The summed E-state index contributed by atoms with van der Waals surface area (Å²) in [6, 6.07) is 5.11. The van der Waals surface area contributed by atoms with Crippen molar-refractivity contribution in [1.29, 1.82) is 0 Å². The summed E-state index contributed by atoms with van der Waals surface area (Å²) in [4.78, 5) is 29.3. The maximum atomic E-state index is 14.7. The fourth-order valence-corrected chi connectivity index (χ4v) is 5.19. The number of nitrogens with one attached hydrogen (secondary N) is 1. The molecular weight excluding hydrogens is 433 g/mol. The van der Waals surface area contributed by atoms with Gasteiger partial charge in [0, 0.05) is 48.8 Å². The molecule has 1 N–H and O–H groups in total. The number of aldehydes is 1. The summed E-state index contributed by atoms with van der Waals surface area (Å²) in [7, 11) is 3.62. The Labute approximate surface area is 199 Å². The minimum Gasteiger partial charge on any atom is -0.385 e. The normalized spacial score (nSPS) is 16.5. The van der Waals surface area contributed by atoms with Crippen LogP contribution in [0.25, 0.3) is 22.3 Å². The molecule has 0 saturated heterocycles. The molecule has 2 aliphatic rings. The standard InChI is InChI=1S/C24H24FN3O2.C3H8O/c1-4-13(11-29)14-7-20-24-16(10-28(20)21(30)8-14)23-18(26-3)6-5-15-12(2)17(25)9-19(27-24)22(15)23;1-3-4-2/h7-9,11,13,18,26H,4-6,10H2,1-3H3;3H2,1-2H3. The second-order valence-corrected chi connectivity index (χ2v) is 8.92. The molecule has 0 amide bonds. The molecule has 5 rings (SSSR count). The number of rotatable bonds is 5. The van der Waals surface area contributed by atoms with Crippen LogP contribution in [0.5, 0.6) is 0 Å². The maximum Gasteiger partial charge on any atom is 0.251 e. The second-order valence-electron chi connectivity index (χ2n) is 8.92. The topological polar surface area (TPSA) is 73.2 Å². The van der Waals surface area contributed by atoms with Gasteiger partial charge >= 0.3 is 0 Å². The fourth-order valence-electron chi connectivity index (χ4n) is 5.19. The van der Waals surface area contributed by atoms with Crippen LogP contribution in [0.4, 0.5) is 4.39 Å². The minimum absolute atomic E-state index is 0.128. The van der Waals surface area contributed by atoms with Gasteiger partial charge in [-0.15, -0.1) is 0 Å². The van der Waals surface area contributed by atoms with Gasteiger partial charge in [-0.1, -0.05) is 6.92 Å². The van der Waals surface area contributed by atoms with Crippen molar-refractivity contribution >= 4 is 17.2 Å². The molecule has 0 spiro atoms. The lowest BCUT2D eigenvalue weighted by molar-refractivity contribution is -0.109. The summed E-state index contributed by atoms with van der Waals surface area (Å²) in [6.45, 7) is 6.99. The Bertz CT molecular complexity index is 1310. The number of fused-ring (bicyclic) bond motifs is 4. The fraction of sp³-hybridized carbons (Fsp3) is 0.444. The number of methoxy groups -OCH3 is 1. The number of ether oxygens (including phenoxy) is 1. The zero-order valence-electron chi connectivity index (χ0n) is 20.5. The van der Waals surface area contributed by atoms with Crippen molar-refractivity contribution in [2.24, 2.45) is 0 Å². The molecule has 34 heavy (non-hydrogen) atoms. The monoisotopic (exact) mass is 465 g/mol. The van der Waals surface area contributed by atoms with Gasteiger partial charge in [0.05, 0.1) is 23.4 Å². The summed E-state index contributed by atoms with van der Waals surface area (Å²) in [6.07, 6.45) is 3.19. The molecule has 0 radical (unpaired) electrons. The number of benzene rings is 1. The lowest BCUT2D eigenvalue weighted by Crippen LogP contribution is -2.24. The number of pyridine rings is 2. The van der Waals surface area contributed by atoms with E-state index < -0.39 is 0 Å². The molecule has 0 bridgehead atoms. The molecule has 180 valence electrons. The minimum atomic E-state index is -0.316.